The van der Waals surface area contributed by atoms with Gasteiger partial charge in [-0.15, -0.1) is 0 Å². The molecule has 4 aromatic rings. The van der Waals surface area contributed by atoms with Gasteiger partial charge in [0, 0.05) is 18.4 Å². The molecule has 0 unspecified atom stereocenters. The summed E-state index contributed by atoms with van der Waals surface area (Å²) >= 11 is 0. The highest BCUT2D eigenvalue weighted by atomic mass is 16.5. The van der Waals surface area contributed by atoms with Crippen molar-refractivity contribution in [3.63, 3.8) is 0 Å². The van der Waals surface area contributed by atoms with Gasteiger partial charge in [0.1, 0.15) is 11.5 Å². The number of hydrogen-bond acceptors (Lipinski definition) is 2. The van der Waals surface area contributed by atoms with Crippen LogP contribution < -0.4 is 26.0 Å². The number of ether oxygens (including phenoxy) is 1. The third-order valence-corrected chi connectivity index (χ3v) is 9.19. The summed E-state index contributed by atoms with van der Waals surface area (Å²) in [4.78, 5) is 1.93. The minimum atomic E-state index is -0.880. The summed E-state index contributed by atoms with van der Waals surface area (Å²) in [6.45, 7) is 17.8. The van der Waals surface area contributed by atoms with Crippen LogP contribution in [0.15, 0.2) is 72.6 Å². The lowest BCUT2D eigenvalue weighted by Crippen LogP contribution is -2.59. The molecule has 0 amide bonds. The number of fused-ring (bicyclic) bond motifs is 4. The minimum Gasteiger partial charge on any atom is -0.458 e. The van der Waals surface area contributed by atoms with Gasteiger partial charge in [0.15, 0.2) is 0 Å². The summed E-state index contributed by atoms with van der Waals surface area (Å²) in [6, 6.07) is 8.87. The van der Waals surface area contributed by atoms with Crippen LogP contribution in [0.2, 0.25) is 0 Å². The van der Waals surface area contributed by atoms with E-state index in [0.29, 0.717) is 46.2 Å². The second-order valence-electron chi connectivity index (χ2n) is 15.5. The average molecular weight is 576 g/mol. The molecule has 2 aliphatic heterocycles. The van der Waals surface area contributed by atoms with E-state index >= 15 is 0 Å². The molecule has 0 saturated heterocycles. The molecule has 0 bridgehead atoms. The quantitative estimate of drug-likeness (QED) is 0.191. The maximum Gasteiger partial charge on any atom is 0.256 e. The Hall–Kier alpha value is -3.46. The first kappa shape index (κ1) is 20.5. The summed E-state index contributed by atoms with van der Waals surface area (Å²) in [5.41, 5.74) is 5.04. The van der Waals surface area contributed by atoms with Gasteiger partial charge in [-0.1, -0.05) is 105 Å². The molecule has 0 radical (unpaired) electrons. The van der Waals surface area contributed by atoms with Gasteiger partial charge >= 0.3 is 0 Å². The van der Waals surface area contributed by atoms with Crippen LogP contribution in [0.5, 0.6) is 11.5 Å². The Balaban J connectivity index is 1.68. The minimum absolute atomic E-state index is 0.0386. The van der Waals surface area contributed by atoms with Crippen LogP contribution in [-0.4, -0.2) is 6.71 Å². The first-order valence-electron chi connectivity index (χ1n) is 19.5. The molecule has 7 rings (SSSR count). The van der Waals surface area contributed by atoms with Crippen molar-refractivity contribution in [2.75, 3.05) is 4.90 Å². The SMILES string of the molecule is [2H]c1c([2H])c([2H])c2c(c1[2H])B1c3c(cc(C4([2H])CCC4)cc3N2c2cc(C(C)(C)C)cc(C(C)(C)C)c2)Oc2c([2H])c([2H])c(C(C)(C)C)c([2H])c21. The number of benzene rings is 4. The van der Waals surface area contributed by atoms with Gasteiger partial charge < -0.3 is 9.64 Å². The smallest absolute Gasteiger partial charge is 0.256 e. The molecule has 0 atom stereocenters. The van der Waals surface area contributed by atoms with E-state index in [2.05, 4.69) is 59.7 Å². The van der Waals surface area contributed by atoms with Gasteiger partial charge in [-0.05, 0) is 110 Å². The highest BCUT2D eigenvalue weighted by Crippen LogP contribution is 2.46. The van der Waals surface area contributed by atoms with Gasteiger partial charge in [-0.25, -0.2) is 0 Å². The van der Waals surface area contributed by atoms with E-state index in [4.69, 9.17) is 8.85 Å². The number of nitrogens with zero attached hydrogens (tertiary/aromatic N) is 1. The molecule has 1 fully saturated rings. The lowest BCUT2D eigenvalue weighted by molar-refractivity contribution is 0.417. The highest BCUT2D eigenvalue weighted by Gasteiger charge is 2.43. The molecule has 0 spiro atoms. The highest BCUT2D eigenvalue weighted by molar-refractivity contribution is 6.99. The zero-order valence-electron chi connectivity index (χ0n) is 34.9. The van der Waals surface area contributed by atoms with Crippen LogP contribution in [0, 0.1) is 0 Å². The Morgan fingerprint density at radius 2 is 1.37 bits per heavy atom. The molecule has 2 heterocycles. The topological polar surface area (TPSA) is 12.5 Å². The lowest BCUT2D eigenvalue weighted by atomic mass is 9.34. The zero-order chi connectivity index (χ0) is 37.5. The summed E-state index contributed by atoms with van der Waals surface area (Å²) in [5.74, 6) is -0.416. The van der Waals surface area contributed by atoms with Crippen molar-refractivity contribution < 1.29 is 15.7 Å². The Kier molecular flexibility index (Phi) is 4.54. The first-order valence-corrected chi connectivity index (χ1v) is 15.5. The maximum absolute atomic E-state index is 9.62. The summed E-state index contributed by atoms with van der Waals surface area (Å²) in [7, 11) is 0. The fourth-order valence-corrected chi connectivity index (χ4v) is 6.32. The number of rotatable bonds is 2. The number of para-hydroxylation sites is 1. The van der Waals surface area contributed by atoms with Crippen LogP contribution in [0.25, 0.3) is 0 Å². The molecule has 220 valence electrons. The Morgan fingerprint density at radius 3 is 1.98 bits per heavy atom. The lowest BCUT2D eigenvalue weighted by Gasteiger charge is -2.42. The molecule has 4 aromatic carbocycles. The third kappa shape index (κ3) is 4.71. The van der Waals surface area contributed by atoms with Crippen molar-refractivity contribution in [2.45, 2.75) is 104 Å². The molecule has 0 N–H and O–H groups in total. The largest absolute Gasteiger partial charge is 0.458 e. The maximum atomic E-state index is 9.62. The van der Waals surface area contributed by atoms with E-state index < -0.39 is 18.0 Å². The van der Waals surface area contributed by atoms with Crippen LogP contribution in [0.4, 0.5) is 17.1 Å². The van der Waals surface area contributed by atoms with E-state index in [1.54, 1.807) is 0 Å². The van der Waals surface area contributed by atoms with Crippen molar-refractivity contribution in [3.8, 4) is 11.5 Å². The van der Waals surface area contributed by atoms with Crippen molar-refractivity contribution in [1.29, 1.82) is 0 Å². The molecule has 3 aliphatic rings. The second kappa shape index (κ2) is 9.52. The second-order valence-corrected chi connectivity index (χ2v) is 15.5. The molecule has 1 saturated carbocycles. The van der Waals surface area contributed by atoms with E-state index in [1.165, 1.54) is 0 Å². The van der Waals surface area contributed by atoms with Crippen LogP contribution in [0.3, 0.4) is 0 Å². The molecule has 1 aliphatic carbocycles. The van der Waals surface area contributed by atoms with E-state index in [1.807, 2.05) is 37.8 Å². The summed E-state index contributed by atoms with van der Waals surface area (Å²) in [6.07, 6.45) is 2.25. The normalized spacial score (nSPS) is 19.6. The van der Waals surface area contributed by atoms with Crippen LogP contribution >= 0.6 is 0 Å². The van der Waals surface area contributed by atoms with Gasteiger partial charge in [0.05, 0.1) is 9.60 Å². The first-order chi connectivity index (χ1) is 23.5. The number of anilines is 3. The van der Waals surface area contributed by atoms with Gasteiger partial charge in [0.25, 0.3) is 6.71 Å². The van der Waals surface area contributed by atoms with Gasteiger partial charge in [-0.3, -0.25) is 0 Å². The van der Waals surface area contributed by atoms with E-state index in [9.17, 15) is 6.85 Å². The predicted molar refractivity (Wildman–Crippen MR) is 185 cm³/mol. The number of hydrogen-bond donors (Lipinski definition) is 0. The van der Waals surface area contributed by atoms with Gasteiger partial charge in [-0.2, -0.15) is 0 Å². The van der Waals surface area contributed by atoms with E-state index in [0.717, 1.165) is 28.8 Å². The Morgan fingerprint density at radius 1 is 0.721 bits per heavy atom. The molecular weight excluding hydrogens is 521 g/mol. The third-order valence-electron chi connectivity index (χ3n) is 9.19. The molecule has 43 heavy (non-hydrogen) atoms. The molecule has 2 nitrogen and oxygen atoms in total. The molecule has 0 aromatic heterocycles. The Labute approximate surface area is 270 Å². The van der Waals surface area contributed by atoms with Crippen molar-refractivity contribution in [1.82, 2.24) is 0 Å². The van der Waals surface area contributed by atoms with Crippen molar-refractivity contribution in [2.24, 2.45) is 0 Å². The van der Waals surface area contributed by atoms with Gasteiger partial charge in [0.2, 0.25) is 0 Å². The van der Waals surface area contributed by atoms with Crippen molar-refractivity contribution in [3.05, 3.63) is 94.9 Å². The van der Waals surface area contributed by atoms with Crippen LogP contribution in [0.1, 0.15) is 121 Å². The average Bonchev–Trinajstić information content (AvgIpc) is 3.01. The molecular formula is C40H46BNO. The van der Waals surface area contributed by atoms with Crippen LogP contribution in [-0.2, 0) is 16.2 Å². The summed E-state index contributed by atoms with van der Waals surface area (Å²) in [5, 5.41) is 0. The standard InChI is InChI=1S/C40H46BNO/c1-38(2,3)27-17-18-35-32(24-27)41-31-15-10-11-16-33(31)42(30-22-28(39(4,5)6)21-29(23-30)40(7,8)9)34-19-26(25-13-12-14-25)20-36(43-35)37(34)41/h10-11,15-25H,12-14H2,1-9H3/i10D,11D,15D,16D,17D,18D,24D,25D. The fraction of sp³-hybridized carbons (Fsp3) is 0.400. The fourth-order valence-electron chi connectivity index (χ4n) is 6.32. The Bertz CT molecular complexity index is 2140. The predicted octanol–water partition coefficient (Wildman–Crippen LogP) is 9.25. The zero-order valence-corrected chi connectivity index (χ0v) is 26.9. The van der Waals surface area contributed by atoms with E-state index in [-0.39, 0.29) is 64.6 Å². The summed E-state index contributed by atoms with van der Waals surface area (Å²) < 4.78 is 80.6. The molecule has 3 heteroatoms. The van der Waals surface area contributed by atoms with Crippen molar-refractivity contribution >= 4 is 40.2 Å². The monoisotopic (exact) mass is 575 g/mol.